The van der Waals surface area contributed by atoms with E-state index in [0.29, 0.717) is 0 Å². The molecule has 1 aliphatic carbocycles. The van der Waals surface area contributed by atoms with E-state index in [-0.39, 0.29) is 17.0 Å². The van der Waals surface area contributed by atoms with Gasteiger partial charge in [-0.3, -0.25) is 9.59 Å². The largest absolute Gasteiger partial charge is 0.469 e. The van der Waals surface area contributed by atoms with Crippen molar-refractivity contribution in [2.45, 2.75) is 24.0 Å². The number of methoxy groups -OCH3 is 1. The minimum atomic E-state index is -0.430. The summed E-state index contributed by atoms with van der Waals surface area (Å²) in [5.41, 5.74) is 0. The standard InChI is InChI=1S/C8H12O3S/c1-11-7(10)5-6(9)8(12-2)3-4-8/h3-5H2,1-2H3. The van der Waals surface area contributed by atoms with E-state index in [4.69, 9.17) is 0 Å². The van der Waals surface area contributed by atoms with Crippen LogP contribution in [0.5, 0.6) is 0 Å². The van der Waals surface area contributed by atoms with Gasteiger partial charge in [-0.1, -0.05) is 0 Å². The number of rotatable bonds is 4. The summed E-state index contributed by atoms with van der Waals surface area (Å²) in [4.78, 5) is 22.2. The smallest absolute Gasteiger partial charge is 0.313 e. The Balaban J connectivity index is 2.43. The number of esters is 1. The van der Waals surface area contributed by atoms with Gasteiger partial charge in [-0.15, -0.1) is 0 Å². The summed E-state index contributed by atoms with van der Waals surface area (Å²) in [7, 11) is 1.30. The second-order valence-corrected chi connectivity index (χ2v) is 4.06. The number of Topliss-reactive ketones (excluding diaryl/α,β-unsaturated/α-hetero) is 1. The second-order valence-electron chi connectivity index (χ2n) is 2.87. The molecular formula is C8H12O3S. The first kappa shape index (κ1) is 9.58. The first-order valence-corrected chi connectivity index (χ1v) is 5.02. The third-order valence-electron chi connectivity index (χ3n) is 2.14. The van der Waals surface area contributed by atoms with Crippen LogP contribution in [0, 0.1) is 0 Å². The highest BCUT2D eigenvalue weighted by atomic mass is 32.2. The Hall–Kier alpha value is -0.510. The predicted octanol–water partition coefficient (Wildman–Crippen LogP) is 1.01. The van der Waals surface area contributed by atoms with Crippen LogP contribution >= 0.6 is 11.8 Å². The average molecular weight is 188 g/mol. The molecule has 0 bridgehead atoms. The number of hydrogen-bond acceptors (Lipinski definition) is 4. The molecule has 0 N–H and O–H groups in total. The van der Waals surface area contributed by atoms with Gasteiger partial charge in [-0.05, 0) is 19.1 Å². The Morgan fingerprint density at radius 3 is 2.42 bits per heavy atom. The van der Waals surface area contributed by atoms with Crippen molar-refractivity contribution in [3.8, 4) is 0 Å². The molecule has 1 aliphatic rings. The Kier molecular flexibility index (Phi) is 2.77. The highest BCUT2D eigenvalue weighted by Gasteiger charge is 2.49. The zero-order valence-corrected chi connectivity index (χ0v) is 8.07. The molecule has 0 atom stereocenters. The van der Waals surface area contributed by atoms with E-state index in [1.807, 2.05) is 6.26 Å². The summed E-state index contributed by atoms with van der Waals surface area (Å²) >= 11 is 1.54. The molecule has 0 unspecified atom stereocenters. The SMILES string of the molecule is COC(=O)CC(=O)C1(SC)CC1. The van der Waals surface area contributed by atoms with Crippen molar-refractivity contribution in [2.24, 2.45) is 0 Å². The number of thioether (sulfide) groups is 1. The molecule has 0 radical (unpaired) electrons. The summed E-state index contributed by atoms with van der Waals surface area (Å²) in [5.74, 6) is -0.415. The number of ether oxygens (including phenoxy) is 1. The lowest BCUT2D eigenvalue weighted by Crippen LogP contribution is -2.22. The van der Waals surface area contributed by atoms with Gasteiger partial charge in [0, 0.05) is 0 Å². The monoisotopic (exact) mass is 188 g/mol. The third kappa shape index (κ3) is 1.80. The molecule has 0 aromatic carbocycles. The van der Waals surface area contributed by atoms with Gasteiger partial charge in [0.15, 0.2) is 5.78 Å². The predicted molar refractivity (Wildman–Crippen MR) is 47.1 cm³/mol. The zero-order chi connectivity index (χ0) is 9.19. The quantitative estimate of drug-likeness (QED) is 0.488. The fourth-order valence-corrected chi connectivity index (χ4v) is 1.88. The maximum Gasteiger partial charge on any atom is 0.313 e. The van der Waals surface area contributed by atoms with Gasteiger partial charge in [0.05, 0.1) is 11.9 Å². The maximum absolute atomic E-state index is 11.4. The van der Waals surface area contributed by atoms with Crippen LogP contribution in [0.25, 0.3) is 0 Å². The molecule has 0 aromatic heterocycles. The van der Waals surface area contributed by atoms with Crippen LogP contribution in [0.1, 0.15) is 19.3 Å². The van der Waals surface area contributed by atoms with Gasteiger partial charge in [-0.25, -0.2) is 0 Å². The van der Waals surface area contributed by atoms with Crippen LogP contribution in [-0.2, 0) is 14.3 Å². The first-order chi connectivity index (χ1) is 5.64. The van der Waals surface area contributed by atoms with Gasteiger partial charge >= 0.3 is 5.97 Å². The molecule has 12 heavy (non-hydrogen) atoms. The molecule has 0 amide bonds. The molecule has 0 aromatic rings. The van der Waals surface area contributed by atoms with E-state index in [2.05, 4.69) is 4.74 Å². The van der Waals surface area contributed by atoms with E-state index in [9.17, 15) is 9.59 Å². The molecular weight excluding hydrogens is 176 g/mol. The Morgan fingerprint density at radius 1 is 1.50 bits per heavy atom. The molecule has 1 rings (SSSR count). The maximum atomic E-state index is 11.4. The number of hydrogen-bond donors (Lipinski definition) is 0. The van der Waals surface area contributed by atoms with Crippen molar-refractivity contribution in [3.05, 3.63) is 0 Å². The van der Waals surface area contributed by atoms with E-state index < -0.39 is 5.97 Å². The molecule has 3 nitrogen and oxygen atoms in total. The first-order valence-electron chi connectivity index (χ1n) is 3.80. The second kappa shape index (κ2) is 3.47. The summed E-state index contributed by atoms with van der Waals surface area (Å²) in [6.07, 6.45) is 3.65. The molecule has 1 fully saturated rings. The molecule has 68 valence electrons. The molecule has 1 saturated carbocycles. The lowest BCUT2D eigenvalue weighted by atomic mass is 10.2. The molecule has 4 heteroatoms. The van der Waals surface area contributed by atoms with Crippen LogP contribution in [0.15, 0.2) is 0 Å². The molecule has 0 spiro atoms. The van der Waals surface area contributed by atoms with Gasteiger partial charge in [0.1, 0.15) is 6.42 Å². The van der Waals surface area contributed by atoms with Crippen LogP contribution in [0.4, 0.5) is 0 Å². The summed E-state index contributed by atoms with van der Waals surface area (Å²) in [6, 6.07) is 0. The van der Waals surface area contributed by atoms with Crippen molar-refractivity contribution in [2.75, 3.05) is 13.4 Å². The van der Waals surface area contributed by atoms with Gasteiger partial charge in [0.2, 0.25) is 0 Å². The van der Waals surface area contributed by atoms with Crippen molar-refractivity contribution in [3.63, 3.8) is 0 Å². The van der Waals surface area contributed by atoms with E-state index in [1.54, 1.807) is 11.8 Å². The fraction of sp³-hybridized carbons (Fsp3) is 0.750. The highest BCUT2D eigenvalue weighted by molar-refractivity contribution is 8.01. The summed E-state index contributed by atoms with van der Waals surface area (Å²) < 4.78 is 4.18. The minimum absolute atomic E-state index is 0.0156. The Morgan fingerprint density at radius 2 is 2.08 bits per heavy atom. The lowest BCUT2D eigenvalue weighted by molar-refractivity contribution is -0.143. The zero-order valence-electron chi connectivity index (χ0n) is 7.25. The molecule has 0 aliphatic heterocycles. The third-order valence-corrected chi connectivity index (χ3v) is 3.55. The Bertz CT molecular complexity index is 208. The van der Waals surface area contributed by atoms with Crippen molar-refractivity contribution in [1.29, 1.82) is 0 Å². The van der Waals surface area contributed by atoms with E-state index >= 15 is 0 Å². The van der Waals surface area contributed by atoms with E-state index in [0.717, 1.165) is 12.8 Å². The number of ketones is 1. The van der Waals surface area contributed by atoms with Gasteiger partial charge < -0.3 is 4.74 Å². The van der Waals surface area contributed by atoms with Crippen LogP contribution in [-0.4, -0.2) is 29.9 Å². The normalized spacial score (nSPS) is 18.5. The highest BCUT2D eigenvalue weighted by Crippen LogP contribution is 2.48. The number of carbonyl (C=O) groups excluding carboxylic acids is 2. The number of carbonyl (C=O) groups is 2. The van der Waals surface area contributed by atoms with E-state index in [1.165, 1.54) is 7.11 Å². The van der Waals surface area contributed by atoms with Gasteiger partial charge in [-0.2, -0.15) is 11.8 Å². The van der Waals surface area contributed by atoms with Crippen molar-refractivity contribution in [1.82, 2.24) is 0 Å². The van der Waals surface area contributed by atoms with Gasteiger partial charge in [0.25, 0.3) is 0 Å². The minimum Gasteiger partial charge on any atom is -0.469 e. The average Bonchev–Trinajstić information content (AvgIpc) is 2.84. The summed E-state index contributed by atoms with van der Waals surface area (Å²) in [6.45, 7) is 0. The lowest BCUT2D eigenvalue weighted by Gasteiger charge is -2.08. The summed E-state index contributed by atoms with van der Waals surface area (Å²) in [5, 5.41) is 0. The molecule has 0 heterocycles. The molecule has 0 saturated heterocycles. The van der Waals surface area contributed by atoms with Crippen molar-refractivity contribution >= 4 is 23.5 Å². The van der Waals surface area contributed by atoms with Crippen LogP contribution < -0.4 is 0 Å². The Labute approximate surface area is 75.8 Å². The van der Waals surface area contributed by atoms with Crippen LogP contribution in [0.2, 0.25) is 0 Å². The fourth-order valence-electron chi connectivity index (χ4n) is 1.07. The van der Waals surface area contributed by atoms with Crippen LogP contribution in [0.3, 0.4) is 0 Å². The van der Waals surface area contributed by atoms with Crippen molar-refractivity contribution < 1.29 is 14.3 Å². The topological polar surface area (TPSA) is 43.4 Å².